The molecule has 3 nitrogen and oxygen atoms in total. The second-order valence-electron chi connectivity index (χ2n) is 3.35. The molecule has 16 heavy (non-hydrogen) atoms. The molecule has 0 spiro atoms. The molecule has 0 amide bonds. The standard InChI is InChI=1S/C12H10FN2O/c1-8-5-9(3-4-11(8)13)10-6-14-12(16-2)15-7-10/h3-6H,1-2H3. The first-order chi connectivity index (χ1) is 7.70. The molecule has 0 unspecified atom stereocenters. The molecule has 0 aliphatic rings. The molecule has 4 heteroatoms. The summed E-state index contributed by atoms with van der Waals surface area (Å²) in [7, 11) is 1.49. The fraction of sp³-hybridized carbons (Fsp3) is 0.167. The number of methoxy groups -OCH3 is 1. The van der Waals surface area contributed by atoms with E-state index in [0.29, 0.717) is 11.1 Å². The van der Waals surface area contributed by atoms with E-state index in [1.54, 1.807) is 25.3 Å². The highest BCUT2D eigenvalue weighted by atomic mass is 19.1. The highest BCUT2D eigenvalue weighted by Crippen LogP contribution is 2.20. The summed E-state index contributed by atoms with van der Waals surface area (Å²) in [6, 6.07) is 5.09. The molecule has 81 valence electrons. The van der Waals surface area contributed by atoms with E-state index in [0.717, 1.165) is 5.56 Å². The molecule has 1 aromatic carbocycles. The number of ether oxygens (including phenoxy) is 1. The Labute approximate surface area is 92.9 Å². The summed E-state index contributed by atoms with van der Waals surface area (Å²) >= 11 is 0. The molecule has 0 aliphatic heterocycles. The average molecular weight is 217 g/mol. The number of aryl methyl sites for hydroxylation is 1. The van der Waals surface area contributed by atoms with Crippen molar-refractivity contribution < 1.29 is 9.13 Å². The Hall–Kier alpha value is -1.97. The summed E-state index contributed by atoms with van der Waals surface area (Å²) in [5.41, 5.74) is 2.13. The van der Waals surface area contributed by atoms with Crippen LogP contribution in [-0.2, 0) is 0 Å². The molecule has 0 bridgehead atoms. The van der Waals surface area contributed by atoms with Gasteiger partial charge in [0, 0.05) is 11.8 Å². The SMILES string of the molecule is COc1n[c]c(-c2ccc(F)c(C)c2)cn1. The topological polar surface area (TPSA) is 35.0 Å². The maximum atomic E-state index is 13.1. The Bertz CT molecular complexity index is 497. The van der Waals surface area contributed by atoms with Crippen LogP contribution >= 0.6 is 0 Å². The van der Waals surface area contributed by atoms with Crippen LogP contribution in [0.5, 0.6) is 6.01 Å². The Morgan fingerprint density at radius 2 is 2.19 bits per heavy atom. The monoisotopic (exact) mass is 217 g/mol. The first kappa shape index (κ1) is 10.5. The Balaban J connectivity index is 2.38. The predicted molar refractivity (Wildman–Crippen MR) is 57.6 cm³/mol. The molecular weight excluding hydrogens is 207 g/mol. The molecular formula is C12H10FN2O. The van der Waals surface area contributed by atoms with Gasteiger partial charge in [-0.25, -0.2) is 9.37 Å². The molecule has 1 heterocycles. The highest BCUT2D eigenvalue weighted by Gasteiger charge is 2.03. The van der Waals surface area contributed by atoms with Gasteiger partial charge in [0.05, 0.1) is 7.11 Å². The minimum Gasteiger partial charge on any atom is -0.467 e. The van der Waals surface area contributed by atoms with Crippen LogP contribution < -0.4 is 4.74 Å². The number of benzene rings is 1. The van der Waals surface area contributed by atoms with E-state index in [9.17, 15) is 4.39 Å². The Morgan fingerprint density at radius 3 is 2.75 bits per heavy atom. The molecule has 0 fully saturated rings. The van der Waals surface area contributed by atoms with Crippen molar-refractivity contribution in [2.75, 3.05) is 7.11 Å². The molecule has 0 N–H and O–H groups in total. The van der Waals surface area contributed by atoms with Crippen LogP contribution in [0.3, 0.4) is 0 Å². The highest BCUT2D eigenvalue weighted by molar-refractivity contribution is 5.61. The van der Waals surface area contributed by atoms with Crippen molar-refractivity contribution in [2.45, 2.75) is 6.92 Å². The summed E-state index contributed by atoms with van der Waals surface area (Å²) in [5, 5.41) is 0. The van der Waals surface area contributed by atoms with E-state index >= 15 is 0 Å². The third-order valence-corrected chi connectivity index (χ3v) is 2.23. The van der Waals surface area contributed by atoms with E-state index in [-0.39, 0.29) is 11.8 Å². The van der Waals surface area contributed by atoms with E-state index in [2.05, 4.69) is 16.2 Å². The maximum absolute atomic E-state index is 13.1. The lowest BCUT2D eigenvalue weighted by molar-refractivity contribution is 0.379. The van der Waals surface area contributed by atoms with Gasteiger partial charge in [0.25, 0.3) is 0 Å². The fourth-order valence-electron chi connectivity index (χ4n) is 1.34. The lowest BCUT2D eigenvalue weighted by Gasteiger charge is -2.03. The van der Waals surface area contributed by atoms with Gasteiger partial charge in [0.15, 0.2) is 0 Å². The van der Waals surface area contributed by atoms with Gasteiger partial charge >= 0.3 is 6.01 Å². The number of aromatic nitrogens is 2. The Morgan fingerprint density at radius 1 is 1.38 bits per heavy atom. The largest absolute Gasteiger partial charge is 0.467 e. The van der Waals surface area contributed by atoms with Gasteiger partial charge in [0.2, 0.25) is 0 Å². The van der Waals surface area contributed by atoms with Crippen molar-refractivity contribution in [1.29, 1.82) is 0 Å². The smallest absolute Gasteiger partial charge is 0.316 e. The van der Waals surface area contributed by atoms with E-state index in [1.165, 1.54) is 13.2 Å². The van der Waals surface area contributed by atoms with Gasteiger partial charge in [-0.05, 0) is 30.2 Å². The molecule has 1 aromatic heterocycles. The van der Waals surface area contributed by atoms with Gasteiger partial charge < -0.3 is 4.74 Å². The van der Waals surface area contributed by atoms with Crippen LogP contribution in [0.15, 0.2) is 24.4 Å². The van der Waals surface area contributed by atoms with Crippen LogP contribution in [0.2, 0.25) is 0 Å². The summed E-state index contributed by atoms with van der Waals surface area (Å²) in [6.07, 6.45) is 4.39. The first-order valence-corrected chi connectivity index (χ1v) is 4.76. The minimum atomic E-state index is -0.224. The van der Waals surface area contributed by atoms with Crippen LogP contribution in [0.25, 0.3) is 11.1 Å². The quantitative estimate of drug-likeness (QED) is 0.774. The van der Waals surface area contributed by atoms with Crippen molar-refractivity contribution in [3.63, 3.8) is 0 Å². The second-order valence-corrected chi connectivity index (χ2v) is 3.35. The summed E-state index contributed by atoms with van der Waals surface area (Å²) < 4.78 is 17.9. The third-order valence-electron chi connectivity index (χ3n) is 2.23. The zero-order chi connectivity index (χ0) is 11.5. The first-order valence-electron chi connectivity index (χ1n) is 4.76. The van der Waals surface area contributed by atoms with Crippen LogP contribution in [0, 0.1) is 18.9 Å². The molecule has 0 aliphatic carbocycles. The fourth-order valence-corrected chi connectivity index (χ4v) is 1.34. The average Bonchev–Trinajstić information content (AvgIpc) is 2.33. The van der Waals surface area contributed by atoms with Gasteiger partial charge in [-0.3, -0.25) is 0 Å². The summed E-state index contributed by atoms with van der Waals surface area (Å²) in [5.74, 6) is -0.224. The van der Waals surface area contributed by atoms with Crippen molar-refractivity contribution in [3.05, 3.63) is 42.0 Å². The molecule has 0 saturated carbocycles. The second kappa shape index (κ2) is 4.26. The lowest BCUT2D eigenvalue weighted by Crippen LogP contribution is -1.92. The van der Waals surface area contributed by atoms with Crippen molar-refractivity contribution in [1.82, 2.24) is 9.97 Å². The maximum Gasteiger partial charge on any atom is 0.316 e. The molecule has 2 rings (SSSR count). The molecule has 2 aromatic rings. The zero-order valence-electron chi connectivity index (χ0n) is 8.99. The van der Waals surface area contributed by atoms with Crippen LogP contribution in [0.4, 0.5) is 4.39 Å². The van der Waals surface area contributed by atoms with Crippen molar-refractivity contribution in [3.8, 4) is 17.1 Å². The summed E-state index contributed by atoms with van der Waals surface area (Å²) in [6.45, 7) is 1.71. The van der Waals surface area contributed by atoms with Gasteiger partial charge in [-0.15, -0.1) is 0 Å². The summed E-state index contributed by atoms with van der Waals surface area (Å²) in [4.78, 5) is 7.84. The number of hydrogen-bond donors (Lipinski definition) is 0. The third kappa shape index (κ3) is 2.00. The number of nitrogens with zero attached hydrogens (tertiary/aromatic N) is 2. The minimum absolute atomic E-state index is 0.224. The molecule has 0 atom stereocenters. The number of hydrogen-bond acceptors (Lipinski definition) is 3. The molecule has 1 radical (unpaired) electrons. The van der Waals surface area contributed by atoms with E-state index in [1.807, 2.05) is 0 Å². The normalized spacial score (nSPS) is 10.2. The number of halogens is 1. The zero-order valence-corrected chi connectivity index (χ0v) is 8.99. The lowest BCUT2D eigenvalue weighted by atomic mass is 10.1. The van der Waals surface area contributed by atoms with E-state index < -0.39 is 0 Å². The van der Waals surface area contributed by atoms with Gasteiger partial charge in [-0.2, -0.15) is 4.98 Å². The van der Waals surface area contributed by atoms with Crippen LogP contribution in [-0.4, -0.2) is 17.1 Å². The van der Waals surface area contributed by atoms with Gasteiger partial charge in [-0.1, -0.05) is 6.07 Å². The van der Waals surface area contributed by atoms with Crippen molar-refractivity contribution >= 4 is 0 Å². The van der Waals surface area contributed by atoms with E-state index in [4.69, 9.17) is 4.74 Å². The Kier molecular flexibility index (Phi) is 2.81. The van der Waals surface area contributed by atoms with Crippen molar-refractivity contribution in [2.24, 2.45) is 0 Å². The predicted octanol–water partition coefficient (Wildman–Crippen LogP) is 2.40. The molecule has 0 saturated heterocycles. The van der Waals surface area contributed by atoms with Gasteiger partial charge in [0.1, 0.15) is 12.0 Å². The number of rotatable bonds is 2. The van der Waals surface area contributed by atoms with Crippen LogP contribution in [0.1, 0.15) is 5.56 Å².